The normalized spacial score (nSPS) is 10.1. The first-order valence-corrected chi connectivity index (χ1v) is 5.43. The van der Waals surface area contributed by atoms with E-state index in [0.29, 0.717) is 28.2 Å². The molecule has 0 unspecified atom stereocenters. The van der Waals surface area contributed by atoms with Gasteiger partial charge >= 0.3 is 6.03 Å². The molecule has 0 spiro atoms. The van der Waals surface area contributed by atoms with Crippen molar-refractivity contribution < 1.29 is 9.59 Å². The molecule has 0 saturated heterocycles. The van der Waals surface area contributed by atoms with Gasteiger partial charge in [-0.2, -0.15) is 0 Å². The average molecular weight is 259 g/mol. The van der Waals surface area contributed by atoms with Crippen molar-refractivity contribution in [2.45, 2.75) is 0 Å². The zero-order valence-electron chi connectivity index (χ0n) is 9.94. The van der Waals surface area contributed by atoms with Crippen LogP contribution in [0.15, 0.2) is 30.5 Å². The summed E-state index contributed by atoms with van der Waals surface area (Å²) in [5.41, 5.74) is 18.2. The van der Waals surface area contributed by atoms with Crippen LogP contribution in [0.5, 0.6) is 0 Å². The van der Waals surface area contributed by atoms with Crippen LogP contribution in [-0.4, -0.2) is 16.9 Å². The molecule has 3 amide bonds. The Labute approximate surface area is 108 Å². The Kier molecular flexibility index (Phi) is 3.11. The second-order valence-corrected chi connectivity index (χ2v) is 3.89. The second-order valence-electron chi connectivity index (χ2n) is 3.89. The van der Waals surface area contributed by atoms with Crippen LogP contribution >= 0.6 is 0 Å². The Balaban J connectivity index is 2.61. The van der Waals surface area contributed by atoms with Crippen LogP contribution in [0, 0.1) is 0 Å². The molecule has 0 aliphatic heterocycles. The fourth-order valence-corrected chi connectivity index (χ4v) is 1.84. The van der Waals surface area contributed by atoms with Crippen LogP contribution in [0.4, 0.5) is 16.2 Å². The number of hydrogen-bond acceptors (Lipinski definition) is 3. The number of aromatic nitrogens is 1. The summed E-state index contributed by atoms with van der Waals surface area (Å²) in [5, 5.41) is 2.44. The van der Waals surface area contributed by atoms with Crippen LogP contribution in [0.25, 0.3) is 11.3 Å². The minimum atomic E-state index is -0.744. The van der Waals surface area contributed by atoms with E-state index in [1.165, 1.54) is 0 Å². The molecule has 0 bridgehead atoms. The highest BCUT2D eigenvalue weighted by molar-refractivity contribution is 6.04. The lowest BCUT2D eigenvalue weighted by atomic mass is 10.0. The van der Waals surface area contributed by atoms with Gasteiger partial charge in [0.25, 0.3) is 5.91 Å². The van der Waals surface area contributed by atoms with Crippen molar-refractivity contribution in [3.8, 4) is 11.3 Å². The largest absolute Gasteiger partial charge is 0.397 e. The van der Waals surface area contributed by atoms with E-state index in [0.717, 1.165) is 0 Å². The highest BCUT2D eigenvalue weighted by Gasteiger charge is 2.16. The summed E-state index contributed by atoms with van der Waals surface area (Å²) in [6, 6.07) is 5.81. The van der Waals surface area contributed by atoms with Crippen molar-refractivity contribution in [3.05, 3.63) is 36.0 Å². The van der Waals surface area contributed by atoms with E-state index < -0.39 is 11.9 Å². The number of para-hydroxylation sites is 1. The lowest BCUT2D eigenvalue weighted by molar-refractivity contribution is 0.100. The molecule has 7 heteroatoms. The number of aromatic amines is 1. The van der Waals surface area contributed by atoms with Gasteiger partial charge in [0.1, 0.15) is 0 Å². The van der Waals surface area contributed by atoms with Crippen LogP contribution < -0.4 is 22.5 Å². The van der Waals surface area contributed by atoms with Crippen LogP contribution in [0.2, 0.25) is 0 Å². The Bertz CT molecular complexity index is 647. The third-order valence-electron chi connectivity index (χ3n) is 2.63. The standard InChI is InChI=1S/C12H13N5O2/c13-8-3-1-2-6(10(8)17-12(15)19)9-7(11(14)18)4-5-16-9/h1-5,16H,13H2,(H2,14,18)(H3,15,17,19). The Hall–Kier alpha value is -2.96. The van der Waals surface area contributed by atoms with Gasteiger partial charge in [-0.25, -0.2) is 4.79 Å². The van der Waals surface area contributed by atoms with Gasteiger partial charge in [0.2, 0.25) is 0 Å². The van der Waals surface area contributed by atoms with Gasteiger partial charge in [0.15, 0.2) is 0 Å². The van der Waals surface area contributed by atoms with E-state index in [1.54, 1.807) is 30.5 Å². The highest BCUT2D eigenvalue weighted by Crippen LogP contribution is 2.33. The van der Waals surface area contributed by atoms with Crippen LogP contribution in [0.3, 0.4) is 0 Å². The molecule has 0 aliphatic rings. The maximum atomic E-state index is 11.3. The molecule has 19 heavy (non-hydrogen) atoms. The van der Waals surface area contributed by atoms with Crippen LogP contribution in [0.1, 0.15) is 10.4 Å². The van der Waals surface area contributed by atoms with Crippen molar-refractivity contribution in [2.75, 3.05) is 11.1 Å². The predicted octanol–water partition coefficient (Wildman–Crippen LogP) is 0.853. The molecule has 8 N–H and O–H groups in total. The van der Waals surface area contributed by atoms with E-state index in [9.17, 15) is 9.59 Å². The van der Waals surface area contributed by atoms with Gasteiger partial charge in [-0.15, -0.1) is 0 Å². The van der Waals surface area contributed by atoms with Crippen molar-refractivity contribution in [2.24, 2.45) is 11.5 Å². The minimum Gasteiger partial charge on any atom is -0.397 e. The van der Waals surface area contributed by atoms with E-state index >= 15 is 0 Å². The number of benzene rings is 1. The zero-order chi connectivity index (χ0) is 14.0. The summed E-state index contributed by atoms with van der Waals surface area (Å²) in [4.78, 5) is 25.2. The number of carbonyl (C=O) groups excluding carboxylic acids is 2. The maximum Gasteiger partial charge on any atom is 0.316 e. The number of carbonyl (C=O) groups is 2. The van der Waals surface area contributed by atoms with Gasteiger partial charge < -0.3 is 27.5 Å². The summed E-state index contributed by atoms with van der Waals surface area (Å²) in [6.45, 7) is 0. The molecule has 98 valence electrons. The fraction of sp³-hybridized carbons (Fsp3) is 0. The molecule has 1 aromatic heterocycles. The molecule has 0 radical (unpaired) electrons. The first-order chi connectivity index (χ1) is 9.00. The number of nitrogens with one attached hydrogen (secondary N) is 2. The molecule has 1 heterocycles. The summed E-state index contributed by atoms with van der Waals surface area (Å²) >= 11 is 0. The molecular weight excluding hydrogens is 246 g/mol. The van der Waals surface area contributed by atoms with Crippen molar-refractivity contribution in [1.29, 1.82) is 0 Å². The number of urea groups is 1. The van der Waals surface area contributed by atoms with Gasteiger partial charge in [-0.05, 0) is 12.1 Å². The molecule has 2 rings (SSSR count). The van der Waals surface area contributed by atoms with Crippen LogP contribution in [-0.2, 0) is 0 Å². The molecule has 7 nitrogen and oxygen atoms in total. The predicted molar refractivity (Wildman–Crippen MR) is 72.4 cm³/mol. The summed E-state index contributed by atoms with van der Waals surface area (Å²) in [6.07, 6.45) is 1.58. The van der Waals surface area contributed by atoms with E-state index in [2.05, 4.69) is 10.3 Å². The lowest BCUT2D eigenvalue weighted by Crippen LogP contribution is -2.21. The smallest absolute Gasteiger partial charge is 0.316 e. The van der Waals surface area contributed by atoms with E-state index in [1.807, 2.05) is 0 Å². The van der Waals surface area contributed by atoms with Gasteiger partial charge in [0.05, 0.1) is 22.6 Å². The van der Waals surface area contributed by atoms with Crippen molar-refractivity contribution >= 4 is 23.3 Å². The summed E-state index contributed by atoms with van der Waals surface area (Å²) < 4.78 is 0. The number of H-pyrrole nitrogens is 1. The molecule has 2 aromatic rings. The lowest BCUT2D eigenvalue weighted by Gasteiger charge is -2.12. The SMILES string of the molecule is NC(=O)Nc1c(N)cccc1-c1[nH]ccc1C(N)=O. The van der Waals surface area contributed by atoms with Crippen molar-refractivity contribution in [1.82, 2.24) is 4.98 Å². The monoisotopic (exact) mass is 259 g/mol. The molecular formula is C12H13N5O2. The van der Waals surface area contributed by atoms with E-state index in [-0.39, 0.29) is 0 Å². The summed E-state index contributed by atoms with van der Waals surface area (Å²) in [5.74, 6) is -0.580. The molecule has 1 aromatic carbocycles. The number of amides is 3. The molecule has 0 fully saturated rings. The number of hydrogen-bond donors (Lipinski definition) is 5. The average Bonchev–Trinajstić information content (AvgIpc) is 2.80. The van der Waals surface area contributed by atoms with Gasteiger partial charge in [0, 0.05) is 11.8 Å². The third kappa shape index (κ3) is 2.34. The third-order valence-corrected chi connectivity index (χ3v) is 2.63. The van der Waals surface area contributed by atoms with E-state index in [4.69, 9.17) is 17.2 Å². The maximum absolute atomic E-state index is 11.3. The Morgan fingerprint density at radius 1 is 1.16 bits per heavy atom. The fourth-order valence-electron chi connectivity index (χ4n) is 1.84. The topological polar surface area (TPSA) is 140 Å². The molecule has 0 saturated carbocycles. The number of rotatable bonds is 3. The second kappa shape index (κ2) is 4.73. The first kappa shape index (κ1) is 12.5. The number of nitrogen functional groups attached to an aromatic ring is 1. The summed E-state index contributed by atoms with van der Waals surface area (Å²) in [7, 11) is 0. The van der Waals surface area contributed by atoms with Gasteiger partial charge in [-0.1, -0.05) is 12.1 Å². The Morgan fingerprint density at radius 3 is 2.53 bits per heavy atom. The first-order valence-electron chi connectivity index (χ1n) is 5.43. The molecule has 0 atom stereocenters. The molecule has 0 aliphatic carbocycles. The minimum absolute atomic E-state index is 0.304. The quantitative estimate of drug-likeness (QED) is 0.522. The van der Waals surface area contributed by atoms with Gasteiger partial charge in [-0.3, -0.25) is 4.79 Å². The zero-order valence-corrected chi connectivity index (χ0v) is 9.94. The Morgan fingerprint density at radius 2 is 1.89 bits per heavy atom. The van der Waals surface area contributed by atoms with Crippen molar-refractivity contribution in [3.63, 3.8) is 0 Å². The number of primary amides is 2. The number of nitrogens with two attached hydrogens (primary N) is 3. The number of anilines is 2. The highest BCUT2D eigenvalue weighted by atomic mass is 16.2.